The van der Waals surface area contributed by atoms with Crippen LogP contribution in [0.5, 0.6) is 0 Å². The van der Waals surface area contributed by atoms with Gasteiger partial charge in [0.15, 0.2) is 0 Å². The maximum Gasteiger partial charge on any atom is 0.238 e. The zero-order valence-corrected chi connectivity index (χ0v) is 11.3. The Morgan fingerprint density at radius 1 is 1.00 bits per heavy atom. The number of rotatable bonds is 1. The van der Waals surface area contributed by atoms with Gasteiger partial charge in [0.2, 0.25) is 11.8 Å². The molecule has 0 aliphatic carbocycles. The summed E-state index contributed by atoms with van der Waals surface area (Å²) in [4.78, 5) is 26.1. The second-order valence-corrected chi connectivity index (χ2v) is 5.98. The van der Waals surface area contributed by atoms with E-state index in [1.165, 1.54) is 4.90 Å². The maximum absolute atomic E-state index is 12.5. The first-order valence-corrected chi connectivity index (χ1v) is 6.27. The Morgan fingerprint density at radius 2 is 1.56 bits per heavy atom. The molecule has 0 bridgehead atoms. The lowest BCUT2D eigenvalue weighted by atomic mass is 9.75. The lowest BCUT2D eigenvalue weighted by Crippen LogP contribution is -2.34. The van der Waals surface area contributed by atoms with Crippen molar-refractivity contribution in [2.75, 3.05) is 4.90 Å². The molecule has 0 saturated carbocycles. The minimum atomic E-state index is -0.252. The molecule has 2 rings (SSSR count). The van der Waals surface area contributed by atoms with Crippen LogP contribution in [-0.2, 0) is 9.59 Å². The number of amides is 2. The number of benzene rings is 1. The molecule has 1 aliphatic rings. The molecule has 2 unspecified atom stereocenters. The van der Waals surface area contributed by atoms with Crippen LogP contribution in [0.25, 0.3) is 0 Å². The van der Waals surface area contributed by atoms with E-state index in [0.29, 0.717) is 5.69 Å². The number of carbonyl (C=O) groups is 2. The highest BCUT2D eigenvalue weighted by molar-refractivity contribution is 6.22. The molecule has 0 N–H and O–H groups in total. The maximum atomic E-state index is 12.5. The van der Waals surface area contributed by atoms with Gasteiger partial charge in [-0.05, 0) is 17.5 Å². The minimum Gasteiger partial charge on any atom is -0.274 e. The quantitative estimate of drug-likeness (QED) is 0.713. The van der Waals surface area contributed by atoms with E-state index in [2.05, 4.69) is 0 Å². The molecule has 96 valence electrons. The van der Waals surface area contributed by atoms with Crippen LogP contribution in [0.15, 0.2) is 30.3 Å². The Morgan fingerprint density at radius 3 is 2.00 bits per heavy atom. The smallest absolute Gasteiger partial charge is 0.238 e. The van der Waals surface area contributed by atoms with Crippen LogP contribution in [0.2, 0.25) is 0 Å². The van der Waals surface area contributed by atoms with Crippen LogP contribution in [0.3, 0.4) is 0 Å². The van der Waals surface area contributed by atoms with Crippen molar-refractivity contribution in [1.82, 2.24) is 0 Å². The van der Waals surface area contributed by atoms with Gasteiger partial charge in [0.1, 0.15) is 0 Å². The summed E-state index contributed by atoms with van der Waals surface area (Å²) in [7, 11) is 0. The Kier molecular flexibility index (Phi) is 3.01. The molecule has 18 heavy (non-hydrogen) atoms. The molecule has 0 aromatic heterocycles. The highest BCUT2D eigenvalue weighted by atomic mass is 16.2. The van der Waals surface area contributed by atoms with Gasteiger partial charge in [0, 0.05) is 5.92 Å². The number of para-hydroxylation sites is 1. The number of nitrogens with zero attached hydrogens (tertiary/aromatic N) is 1. The molecule has 1 aliphatic heterocycles. The van der Waals surface area contributed by atoms with Gasteiger partial charge >= 0.3 is 0 Å². The number of imide groups is 1. The summed E-state index contributed by atoms with van der Waals surface area (Å²) in [6, 6.07) is 9.15. The van der Waals surface area contributed by atoms with E-state index in [1.54, 1.807) is 12.1 Å². The van der Waals surface area contributed by atoms with Gasteiger partial charge in [-0.1, -0.05) is 45.9 Å². The normalized spacial score (nSPS) is 24.8. The first-order chi connectivity index (χ1) is 8.34. The van der Waals surface area contributed by atoms with Crippen LogP contribution in [0.4, 0.5) is 5.69 Å². The van der Waals surface area contributed by atoms with E-state index >= 15 is 0 Å². The van der Waals surface area contributed by atoms with Crippen molar-refractivity contribution in [3.63, 3.8) is 0 Å². The molecule has 1 fully saturated rings. The van der Waals surface area contributed by atoms with Crippen LogP contribution >= 0.6 is 0 Å². The summed E-state index contributed by atoms with van der Waals surface area (Å²) in [6.07, 6.45) is 0. The third-order valence-electron chi connectivity index (χ3n) is 3.54. The van der Waals surface area contributed by atoms with Gasteiger partial charge in [-0.25, -0.2) is 0 Å². The SMILES string of the molecule is CC1C(=O)N(c2ccccc2)C(=O)C1C(C)(C)C. The molecule has 3 heteroatoms. The van der Waals surface area contributed by atoms with Crippen molar-refractivity contribution in [1.29, 1.82) is 0 Å². The van der Waals surface area contributed by atoms with E-state index in [0.717, 1.165) is 0 Å². The summed E-state index contributed by atoms with van der Waals surface area (Å²) >= 11 is 0. The second-order valence-electron chi connectivity index (χ2n) is 5.98. The van der Waals surface area contributed by atoms with E-state index in [9.17, 15) is 9.59 Å². The van der Waals surface area contributed by atoms with Gasteiger partial charge < -0.3 is 0 Å². The molecule has 1 heterocycles. The van der Waals surface area contributed by atoms with Crippen LogP contribution < -0.4 is 4.90 Å². The largest absolute Gasteiger partial charge is 0.274 e. The topological polar surface area (TPSA) is 37.4 Å². The molecule has 1 aromatic rings. The third-order valence-corrected chi connectivity index (χ3v) is 3.54. The summed E-state index contributed by atoms with van der Waals surface area (Å²) < 4.78 is 0. The number of carbonyl (C=O) groups excluding carboxylic acids is 2. The molecule has 3 nitrogen and oxygen atoms in total. The number of hydrogen-bond donors (Lipinski definition) is 0. The van der Waals surface area contributed by atoms with E-state index < -0.39 is 0 Å². The monoisotopic (exact) mass is 245 g/mol. The Hall–Kier alpha value is -1.64. The Bertz CT molecular complexity index is 473. The zero-order valence-electron chi connectivity index (χ0n) is 11.3. The van der Waals surface area contributed by atoms with Gasteiger partial charge in [-0.15, -0.1) is 0 Å². The van der Waals surface area contributed by atoms with E-state index in [-0.39, 0.29) is 29.1 Å². The van der Waals surface area contributed by atoms with Crippen LogP contribution in [-0.4, -0.2) is 11.8 Å². The van der Waals surface area contributed by atoms with E-state index in [1.807, 2.05) is 45.9 Å². The summed E-state index contributed by atoms with van der Waals surface area (Å²) in [6.45, 7) is 7.87. The third kappa shape index (κ3) is 1.94. The highest BCUT2D eigenvalue weighted by Crippen LogP contribution is 2.40. The standard InChI is InChI=1S/C15H19NO2/c1-10-12(15(2,3)4)14(18)16(13(10)17)11-8-6-5-7-9-11/h5-10,12H,1-4H3. The summed E-state index contributed by atoms with van der Waals surface area (Å²) in [5.41, 5.74) is 0.474. The Balaban J connectivity index is 2.41. The Labute approximate surface area is 108 Å². The summed E-state index contributed by atoms with van der Waals surface area (Å²) in [5.74, 6) is -0.666. The number of hydrogen-bond acceptors (Lipinski definition) is 2. The molecule has 1 aromatic carbocycles. The zero-order chi connectivity index (χ0) is 13.5. The molecule has 2 amide bonds. The first kappa shape index (κ1) is 12.8. The predicted octanol–water partition coefficient (Wildman–Crippen LogP) is 2.86. The predicted molar refractivity (Wildman–Crippen MR) is 71.0 cm³/mol. The van der Waals surface area contributed by atoms with Gasteiger partial charge in [0.25, 0.3) is 0 Å². The van der Waals surface area contributed by atoms with Crippen LogP contribution in [0.1, 0.15) is 27.7 Å². The van der Waals surface area contributed by atoms with Crippen molar-refractivity contribution in [3.05, 3.63) is 30.3 Å². The van der Waals surface area contributed by atoms with Gasteiger partial charge in [-0.2, -0.15) is 0 Å². The fourth-order valence-electron chi connectivity index (χ4n) is 2.76. The molecule has 1 saturated heterocycles. The average Bonchev–Trinajstić information content (AvgIpc) is 2.50. The summed E-state index contributed by atoms with van der Waals surface area (Å²) in [5, 5.41) is 0. The van der Waals surface area contributed by atoms with Crippen molar-refractivity contribution in [2.45, 2.75) is 27.7 Å². The molecule has 0 radical (unpaired) electrons. The van der Waals surface area contributed by atoms with Crippen molar-refractivity contribution >= 4 is 17.5 Å². The van der Waals surface area contributed by atoms with Crippen molar-refractivity contribution in [2.24, 2.45) is 17.3 Å². The minimum absolute atomic E-state index is 0.0776. The van der Waals surface area contributed by atoms with Crippen molar-refractivity contribution in [3.8, 4) is 0 Å². The second kappa shape index (κ2) is 4.23. The molecule has 2 atom stereocenters. The fraction of sp³-hybridized carbons (Fsp3) is 0.467. The average molecular weight is 245 g/mol. The molecular formula is C15H19NO2. The van der Waals surface area contributed by atoms with E-state index in [4.69, 9.17) is 0 Å². The number of anilines is 1. The highest BCUT2D eigenvalue weighted by Gasteiger charge is 2.50. The van der Waals surface area contributed by atoms with Crippen LogP contribution in [0, 0.1) is 17.3 Å². The fourth-order valence-corrected chi connectivity index (χ4v) is 2.76. The van der Waals surface area contributed by atoms with Gasteiger partial charge in [-0.3, -0.25) is 14.5 Å². The lowest BCUT2D eigenvalue weighted by molar-refractivity contribution is -0.124. The lowest BCUT2D eigenvalue weighted by Gasteiger charge is -2.27. The van der Waals surface area contributed by atoms with Crippen molar-refractivity contribution < 1.29 is 9.59 Å². The molecular weight excluding hydrogens is 226 g/mol. The molecule has 0 spiro atoms. The first-order valence-electron chi connectivity index (χ1n) is 6.27. The van der Waals surface area contributed by atoms with Gasteiger partial charge in [0.05, 0.1) is 11.6 Å².